The first-order valence-electron chi connectivity index (χ1n) is 10.5. The molecule has 7 nitrogen and oxygen atoms in total. The predicted molar refractivity (Wildman–Crippen MR) is 127 cm³/mol. The van der Waals surface area contributed by atoms with Crippen LogP contribution < -0.4 is 10.0 Å². The van der Waals surface area contributed by atoms with Gasteiger partial charge < -0.3 is 15.5 Å². The van der Waals surface area contributed by atoms with Crippen molar-refractivity contribution in [1.82, 2.24) is 0 Å². The molecule has 0 aliphatic heterocycles. The van der Waals surface area contributed by atoms with Crippen molar-refractivity contribution < 1.29 is 36.6 Å². The number of anilines is 2. The highest BCUT2D eigenvalue weighted by Gasteiger charge is 2.30. The lowest BCUT2D eigenvalue weighted by molar-refractivity contribution is -0.137. The zero-order valence-corrected chi connectivity index (χ0v) is 19.2. The van der Waals surface area contributed by atoms with Gasteiger partial charge in [0.2, 0.25) is 10.0 Å². The van der Waals surface area contributed by atoms with Crippen molar-refractivity contribution in [2.75, 3.05) is 22.4 Å². The van der Waals surface area contributed by atoms with Gasteiger partial charge in [-0.3, -0.25) is 9.52 Å². The molecule has 0 aliphatic rings. The summed E-state index contributed by atoms with van der Waals surface area (Å²) in [6.07, 6.45) is -3.86. The summed E-state index contributed by atoms with van der Waals surface area (Å²) in [6.45, 7) is -0.131. The fourth-order valence-corrected chi connectivity index (χ4v) is 4.37. The minimum Gasteiger partial charge on any atom is -0.506 e. The lowest BCUT2D eigenvalue weighted by Gasteiger charge is -2.12. The van der Waals surface area contributed by atoms with Gasteiger partial charge in [-0.1, -0.05) is 24.3 Å². The molecule has 0 saturated heterocycles. The van der Waals surface area contributed by atoms with Gasteiger partial charge in [0.05, 0.1) is 17.0 Å². The molecule has 0 saturated carbocycles. The third-order valence-corrected chi connectivity index (χ3v) is 6.39. The summed E-state index contributed by atoms with van der Waals surface area (Å²) in [5, 5.41) is 21.4. The number of aliphatic hydroxyl groups is 1. The van der Waals surface area contributed by atoms with Gasteiger partial charge in [0.15, 0.2) is 0 Å². The Balaban J connectivity index is 1.69. The molecule has 3 rings (SSSR count). The van der Waals surface area contributed by atoms with Gasteiger partial charge in [0.1, 0.15) is 5.75 Å². The number of benzene rings is 3. The number of aliphatic hydroxyl groups excluding tert-OH is 1. The van der Waals surface area contributed by atoms with Gasteiger partial charge in [-0.05, 0) is 66.4 Å². The van der Waals surface area contributed by atoms with Crippen LogP contribution in [0, 0.1) is 0 Å². The number of phenolic OH excluding ortho intramolecular Hbond substituents is 1. The van der Waals surface area contributed by atoms with Crippen LogP contribution in [0.15, 0.2) is 66.7 Å². The summed E-state index contributed by atoms with van der Waals surface area (Å²) >= 11 is 0. The van der Waals surface area contributed by atoms with Crippen LogP contribution in [-0.4, -0.2) is 36.9 Å². The van der Waals surface area contributed by atoms with Crippen LogP contribution in [-0.2, 0) is 16.2 Å². The Kier molecular flexibility index (Phi) is 8.03. The van der Waals surface area contributed by atoms with E-state index >= 15 is 0 Å². The standard InChI is InChI=1S/C24H23F3N2O5S/c25-24(26,27)19-9-7-17(8-10-19)16-3-5-18(6-4-16)23(32)28-20-11-12-22(31)21(15-20)29-35(33,34)14-2-1-13-30/h3-12,15,29-31H,1-2,13-14H2,(H,28,32). The van der Waals surface area contributed by atoms with Crippen LogP contribution in [0.1, 0.15) is 28.8 Å². The first kappa shape index (κ1) is 26.0. The van der Waals surface area contributed by atoms with E-state index in [1.165, 1.54) is 42.5 Å². The number of unbranched alkanes of at least 4 members (excludes halogenated alkanes) is 1. The van der Waals surface area contributed by atoms with Crippen molar-refractivity contribution in [3.05, 3.63) is 77.9 Å². The Labute approximate surface area is 200 Å². The summed E-state index contributed by atoms with van der Waals surface area (Å²) in [5.41, 5.74) is 0.812. The largest absolute Gasteiger partial charge is 0.506 e. The number of aromatic hydroxyl groups is 1. The second-order valence-electron chi connectivity index (χ2n) is 7.69. The monoisotopic (exact) mass is 508 g/mol. The molecule has 0 aromatic heterocycles. The van der Waals surface area contributed by atoms with E-state index in [2.05, 4.69) is 10.0 Å². The SMILES string of the molecule is O=C(Nc1ccc(O)c(NS(=O)(=O)CCCCO)c1)c1ccc(-c2ccc(C(F)(F)F)cc2)cc1. The molecule has 1 amide bonds. The van der Waals surface area contributed by atoms with Crippen LogP contribution in [0.3, 0.4) is 0 Å². The van der Waals surface area contributed by atoms with Gasteiger partial charge in [0.25, 0.3) is 5.91 Å². The number of carbonyl (C=O) groups excluding carboxylic acids is 1. The van der Waals surface area contributed by atoms with Crippen LogP contribution >= 0.6 is 0 Å². The first-order chi connectivity index (χ1) is 16.5. The van der Waals surface area contributed by atoms with Gasteiger partial charge in [-0.25, -0.2) is 8.42 Å². The van der Waals surface area contributed by atoms with E-state index in [-0.39, 0.29) is 41.5 Å². The van der Waals surface area contributed by atoms with E-state index in [1.54, 1.807) is 12.1 Å². The number of hydrogen-bond acceptors (Lipinski definition) is 5. The van der Waals surface area contributed by atoms with E-state index in [0.717, 1.165) is 12.1 Å². The average Bonchev–Trinajstić information content (AvgIpc) is 2.81. The van der Waals surface area contributed by atoms with Gasteiger partial charge in [-0.15, -0.1) is 0 Å². The lowest BCUT2D eigenvalue weighted by Crippen LogP contribution is -2.17. The molecule has 0 atom stereocenters. The lowest BCUT2D eigenvalue weighted by atomic mass is 10.0. The molecule has 0 fully saturated rings. The highest BCUT2D eigenvalue weighted by molar-refractivity contribution is 7.92. The Morgan fingerprint density at radius 2 is 1.49 bits per heavy atom. The van der Waals surface area contributed by atoms with Crippen LogP contribution in [0.5, 0.6) is 5.75 Å². The second kappa shape index (κ2) is 10.8. The topological polar surface area (TPSA) is 116 Å². The number of carbonyl (C=O) groups is 1. The minimum atomic E-state index is -4.42. The maximum Gasteiger partial charge on any atom is 0.416 e. The average molecular weight is 509 g/mol. The highest BCUT2D eigenvalue weighted by atomic mass is 32.2. The number of sulfonamides is 1. The first-order valence-corrected chi connectivity index (χ1v) is 12.2. The normalized spacial score (nSPS) is 11.8. The number of halogens is 3. The number of hydrogen-bond donors (Lipinski definition) is 4. The van der Waals surface area contributed by atoms with E-state index in [0.29, 0.717) is 17.5 Å². The Morgan fingerprint density at radius 3 is 2.06 bits per heavy atom. The van der Waals surface area contributed by atoms with E-state index in [4.69, 9.17) is 5.11 Å². The van der Waals surface area contributed by atoms with Crippen molar-refractivity contribution in [3.63, 3.8) is 0 Å². The molecule has 3 aromatic carbocycles. The molecule has 3 aromatic rings. The van der Waals surface area contributed by atoms with E-state index < -0.39 is 27.7 Å². The maximum atomic E-state index is 12.7. The van der Waals surface area contributed by atoms with Crippen LogP contribution in [0.25, 0.3) is 11.1 Å². The van der Waals surface area contributed by atoms with E-state index in [1.807, 2.05) is 0 Å². The maximum absolute atomic E-state index is 12.7. The van der Waals surface area contributed by atoms with Crippen molar-refractivity contribution >= 4 is 27.3 Å². The highest BCUT2D eigenvalue weighted by Crippen LogP contribution is 2.31. The van der Waals surface area contributed by atoms with Gasteiger partial charge in [-0.2, -0.15) is 13.2 Å². The number of rotatable bonds is 9. The molecule has 35 heavy (non-hydrogen) atoms. The second-order valence-corrected chi connectivity index (χ2v) is 9.53. The molecular formula is C24H23F3N2O5S. The molecule has 0 bridgehead atoms. The van der Waals surface area contributed by atoms with Crippen molar-refractivity contribution in [2.24, 2.45) is 0 Å². The zero-order chi connectivity index (χ0) is 25.6. The summed E-state index contributed by atoms with van der Waals surface area (Å²) in [6, 6.07) is 14.8. The molecular weight excluding hydrogens is 485 g/mol. The molecule has 0 unspecified atom stereocenters. The number of phenols is 1. The molecule has 0 radical (unpaired) electrons. The van der Waals surface area contributed by atoms with E-state index in [9.17, 15) is 31.5 Å². The fourth-order valence-electron chi connectivity index (χ4n) is 3.19. The number of nitrogens with one attached hydrogen (secondary N) is 2. The third-order valence-electron chi connectivity index (χ3n) is 5.03. The molecule has 186 valence electrons. The van der Waals surface area contributed by atoms with Crippen LogP contribution in [0.2, 0.25) is 0 Å². The number of alkyl halides is 3. The molecule has 11 heteroatoms. The summed E-state index contributed by atoms with van der Waals surface area (Å²) in [7, 11) is -3.77. The van der Waals surface area contributed by atoms with Crippen molar-refractivity contribution in [2.45, 2.75) is 19.0 Å². The fraction of sp³-hybridized carbons (Fsp3) is 0.208. The summed E-state index contributed by atoms with van der Waals surface area (Å²) in [5.74, 6) is -1.07. The molecule has 0 aliphatic carbocycles. The molecule has 4 N–H and O–H groups in total. The Bertz CT molecular complexity index is 1280. The van der Waals surface area contributed by atoms with Gasteiger partial charge in [0, 0.05) is 17.9 Å². The zero-order valence-electron chi connectivity index (χ0n) is 18.3. The smallest absolute Gasteiger partial charge is 0.416 e. The molecule has 0 heterocycles. The van der Waals surface area contributed by atoms with Crippen molar-refractivity contribution in [3.8, 4) is 16.9 Å². The van der Waals surface area contributed by atoms with Gasteiger partial charge >= 0.3 is 6.18 Å². The Hall–Kier alpha value is -3.57. The third kappa shape index (κ3) is 7.20. The number of amides is 1. The van der Waals surface area contributed by atoms with Crippen LogP contribution in [0.4, 0.5) is 24.5 Å². The summed E-state index contributed by atoms with van der Waals surface area (Å²) < 4.78 is 64.8. The predicted octanol–water partition coefficient (Wildman–Crippen LogP) is 4.84. The summed E-state index contributed by atoms with van der Waals surface area (Å²) in [4.78, 5) is 12.6. The van der Waals surface area contributed by atoms with Crippen molar-refractivity contribution in [1.29, 1.82) is 0 Å². The Morgan fingerprint density at radius 1 is 0.886 bits per heavy atom. The molecule has 0 spiro atoms. The minimum absolute atomic E-state index is 0.107. The quantitative estimate of drug-likeness (QED) is 0.188.